The molecule has 0 bridgehead atoms. The molecule has 1 aliphatic carbocycles. The van der Waals surface area contributed by atoms with Crippen LogP contribution in [0.1, 0.15) is 36.0 Å². The summed E-state index contributed by atoms with van der Waals surface area (Å²) in [4.78, 5) is 11.0. The number of pyridine rings is 1. The van der Waals surface area contributed by atoms with Crippen LogP contribution in [-0.2, 0) is 23.8 Å². The van der Waals surface area contributed by atoms with Gasteiger partial charge in [-0.25, -0.2) is 18.6 Å². The Morgan fingerprint density at radius 1 is 1.25 bits per heavy atom. The van der Waals surface area contributed by atoms with Gasteiger partial charge in [0.2, 0.25) is 17.0 Å². The van der Waals surface area contributed by atoms with E-state index in [-0.39, 0.29) is 0 Å². The van der Waals surface area contributed by atoms with Crippen LogP contribution in [0.15, 0.2) is 29.6 Å². The van der Waals surface area contributed by atoms with Crippen molar-refractivity contribution in [2.24, 2.45) is 0 Å². The molecule has 0 radical (unpaired) electrons. The maximum Gasteiger partial charge on any atom is 0.247 e. The van der Waals surface area contributed by atoms with E-state index in [1.54, 1.807) is 13.3 Å². The standard InChI is InChI=1S/C25H30N8O2S/c1-32(2)18-8-11-33(12-9-18)36(34)25-29-24(30-31-25)28-23-20-6-4-5-19(20)17(15-26)13-21(23)16-7-10-27-22(14-16)35-3/h7,10,13-14,18H,4-6,8-9,11-12H2,1-3H3,(H2,28,29,30,31). The molecule has 10 nitrogen and oxygen atoms in total. The van der Waals surface area contributed by atoms with Crippen molar-refractivity contribution in [2.75, 3.05) is 39.6 Å². The van der Waals surface area contributed by atoms with Gasteiger partial charge >= 0.3 is 0 Å². The van der Waals surface area contributed by atoms with Crippen LogP contribution in [0.2, 0.25) is 0 Å². The number of nitrogens with zero attached hydrogens (tertiary/aromatic N) is 6. The van der Waals surface area contributed by atoms with Gasteiger partial charge in [-0.2, -0.15) is 10.2 Å². The summed E-state index contributed by atoms with van der Waals surface area (Å²) in [6.07, 6.45) is 6.31. The van der Waals surface area contributed by atoms with E-state index in [0.29, 0.717) is 28.6 Å². The summed E-state index contributed by atoms with van der Waals surface area (Å²) in [6.45, 7) is 1.49. The molecule has 1 fully saturated rings. The number of nitrogens with one attached hydrogen (secondary N) is 2. The van der Waals surface area contributed by atoms with Gasteiger partial charge in [0.15, 0.2) is 11.0 Å². The second-order valence-corrected chi connectivity index (χ2v) is 10.7. The van der Waals surface area contributed by atoms with Gasteiger partial charge in [-0.15, -0.1) is 5.10 Å². The Kier molecular flexibility index (Phi) is 7.00. The first-order chi connectivity index (χ1) is 17.5. The second-order valence-electron chi connectivity index (χ2n) is 9.32. The van der Waals surface area contributed by atoms with Crippen LogP contribution in [-0.4, -0.2) is 73.9 Å². The molecule has 0 saturated carbocycles. The molecule has 1 saturated heterocycles. The molecule has 11 heteroatoms. The molecular formula is C25H30N8O2S. The molecule has 2 aromatic heterocycles. The summed E-state index contributed by atoms with van der Waals surface area (Å²) in [6, 6.07) is 8.51. The third-order valence-electron chi connectivity index (χ3n) is 7.03. The van der Waals surface area contributed by atoms with Crippen molar-refractivity contribution in [3.8, 4) is 23.1 Å². The van der Waals surface area contributed by atoms with Crippen molar-refractivity contribution in [1.29, 1.82) is 5.26 Å². The van der Waals surface area contributed by atoms with E-state index in [9.17, 15) is 9.47 Å². The number of anilines is 2. The summed E-state index contributed by atoms with van der Waals surface area (Å²) in [5.74, 6) is 0.841. The molecule has 3 heterocycles. The first kappa shape index (κ1) is 24.4. The Morgan fingerprint density at radius 3 is 2.75 bits per heavy atom. The average Bonchev–Trinajstić information content (AvgIpc) is 3.59. The van der Waals surface area contributed by atoms with Crippen LogP contribution in [0.3, 0.4) is 0 Å². The highest BCUT2D eigenvalue weighted by Crippen LogP contribution is 2.41. The fraction of sp³-hybridized carbons (Fsp3) is 0.440. The highest BCUT2D eigenvalue weighted by molar-refractivity contribution is 7.82. The smallest absolute Gasteiger partial charge is 0.247 e. The molecule has 1 atom stereocenters. The van der Waals surface area contributed by atoms with Crippen molar-refractivity contribution in [1.82, 2.24) is 29.4 Å². The third-order valence-corrected chi connectivity index (χ3v) is 8.38. The summed E-state index contributed by atoms with van der Waals surface area (Å²) in [5.41, 5.74) is 5.42. The quantitative estimate of drug-likeness (QED) is 0.501. The number of rotatable bonds is 7. The first-order valence-corrected chi connectivity index (χ1v) is 13.2. The molecule has 1 unspecified atom stereocenters. The minimum absolute atomic E-state index is 0.332. The lowest BCUT2D eigenvalue weighted by molar-refractivity contribution is 0.200. The summed E-state index contributed by atoms with van der Waals surface area (Å²) in [7, 11) is 4.34. The molecule has 2 aliphatic rings. The van der Waals surface area contributed by atoms with Crippen molar-refractivity contribution < 1.29 is 8.95 Å². The van der Waals surface area contributed by atoms with Gasteiger partial charge in [0.05, 0.1) is 24.4 Å². The Labute approximate surface area is 213 Å². The van der Waals surface area contributed by atoms with Gasteiger partial charge in [0.1, 0.15) is 0 Å². The van der Waals surface area contributed by atoms with E-state index in [4.69, 9.17) is 4.74 Å². The lowest BCUT2D eigenvalue weighted by Crippen LogP contribution is -2.42. The number of aromatic amines is 1. The van der Waals surface area contributed by atoms with Crippen LogP contribution in [0.5, 0.6) is 5.88 Å². The minimum atomic E-state index is -1.41. The molecule has 3 aromatic rings. The fourth-order valence-electron chi connectivity index (χ4n) is 5.08. The third kappa shape index (κ3) is 4.72. The Balaban J connectivity index is 1.45. The Morgan fingerprint density at radius 2 is 2.03 bits per heavy atom. The number of ether oxygens (including phenoxy) is 1. The number of nitriles is 1. The van der Waals surface area contributed by atoms with E-state index < -0.39 is 11.0 Å². The zero-order valence-corrected chi connectivity index (χ0v) is 21.6. The number of methoxy groups -OCH3 is 1. The van der Waals surface area contributed by atoms with Gasteiger partial charge in [-0.05, 0) is 75.0 Å². The number of H-pyrrole nitrogens is 1. The maximum absolute atomic E-state index is 13.2. The van der Waals surface area contributed by atoms with Gasteiger partial charge in [-0.3, -0.25) is 0 Å². The first-order valence-electron chi connectivity index (χ1n) is 12.1. The van der Waals surface area contributed by atoms with Gasteiger partial charge < -0.3 is 15.0 Å². The molecular weight excluding hydrogens is 476 g/mol. The normalized spacial score (nSPS) is 17.1. The molecule has 0 amide bonds. The van der Waals surface area contributed by atoms with Crippen molar-refractivity contribution in [2.45, 2.75) is 43.3 Å². The Hall–Kier alpha value is -3.33. The Bertz CT molecular complexity index is 1320. The molecule has 0 spiro atoms. The monoisotopic (exact) mass is 506 g/mol. The topological polar surface area (TPSA) is 123 Å². The SMILES string of the molecule is COc1cc(-c2cc(C#N)c3c(c2Nc2n[nH]c(S(=O)N4CCC(N(C)C)CC4)n2)CCC3)ccn1. The maximum atomic E-state index is 13.2. The number of piperidine rings is 1. The molecule has 5 rings (SSSR count). The van der Waals surface area contributed by atoms with E-state index in [0.717, 1.165) is 73.1 Å². The molecule has 2 N–H and O–H groups in total. The van der Waals surface area contributed by atoms with Crippen LogP contribution in [0.4, 0.5) is 11.6 Å². The molecule has 1 aromatic carbocycles. The van der Waals surface area contributed by atoms with Gasteiger partial charge in [-0.1, -0.05) is 0 Å². The summed E-state index contributed by atoms with van der Waals surface area (Å²) >= 11 is 0. The van der Waals surface area contributed by atoms with E-state index in [1.807, 2.05) is 22.5 Å². The van der Waals surface area contributed by atoms with Crippen molar-refractivity contribution in [3.05, 3.63) is 41.1 Å². The fourth-order valence-corrected chi connectivity index (χ4v) is 6.16. The summed E-state index contributed by atoms with van der Waals surface area (Å²) in [5, 5.41) is 20.7. The number of hydrogen-bond acceptors (Lipinski definition) is 8. The van der Waals surface area contributed by atoms with Crippen LogP contribution in [0, 0.1) is 11.3 Å². The number of hydrogen-bond donors (Lipinski definition) is 2. The summed E-state index contributed by atoms with van der Waals surface area (Å²) < 4.78 is 20.4. The molecule has 188 valence electrons. The highest BCUT2D eigenvalue weighted by Gasteiger charge is 2.28. The van der Waals surface area contributed by atoms with Gasteiger partial charge in [0.25, 0.3) is 0 Å². The van der Waals surface area contributed by atoms with Crippen LogP contribution >= 0.6 is 0 Å². The van der Waals surface area contributed by atoms with Crippen molar-refractivity contribution >= 4 is 22.6 Å². The largest absolute Gasteiger partial charge is 0.481 e. The predicted octanol–water partition coefficient (Wildman–Crippen LogP) is 3.03. The van der Waals surface area contributed by atoms with E-state index in [1.165, 1.54) is 0 Å². The van der Waals surface area contributed by atoms with Crippen LogP contribution < -0.4 is 10.1 Å². The molecule has 36 heavy (non-hydrogen) atoms. The lowest BCUT2D eigenvalue weighted by Gasteiger charge is -2.33. The zero-order valence-electron chi connectivity index (χ0n) is 20.7. The minimum Gasteiger partial charge on any atom is -0.481 e. The number of aromatic nitrogens is 4. The number of benzene rings is 1. The van der Waals surface area contributed by atoms with Crippen LogP contribution in [0.25, 0.3) is 11.1 Å². The predicted molar refractivity (Wildman–Crippen MR) is 137 cm³/mol. The second kappa shape index (κ2) is 10.3. The molecule has 1 aliphatic heterocycles. The average molecular weight is 507 g/mol. The van der Waals surface area contributed by atoms with E-state index >= 15 is 0 Å². The van der Waals surface area contributed by atoms with Gasteiger partial charge in [0, 0.05) is 37.0 Å². The zero-order chi connectivity index (χ0) is 25.2. The van der Waals surface area contributed by atoms with Crippen molar-refractivity contribution in [3.63, 3.8) is 0 Å². The highest BCUT2D eigenvalue weighted by atomic mass is 32.2. The lowest BCUT2D eigenvalue weighted by atomic mass is 9.94. The van der Waals surface area contributed by atoms with E-state index in [2.05, 4.69) is 50.5 Å². The number of fused-ring (bicyclic) bond motifs is 1.